The zero-order valence-corrected chi connectivity index (χ0v) is 14.0. The smallest absolute Gasteiger partial charge is 0.240 e. The average molecular weight is 338 g/mol. The molecule has 1 heterocycles. The summed E-state index contributed by atoms with van der Waals surface area (Å²) in [4.78, 5) is 13.2. The van der Waals surface area contributed by atoms with Crippen LogP contribution in [0.15, 0.2) is 29.2 Å². The van der Waals surface area contributed by atoms with E-state index in [1.807, 2.05) is 0 Å². The standard InChI is InChI=1S/C16H22N2O4S/c1-18-11-12(10-16(18)19)17-23(20,21)15-8-6-14(7-9-15)22-13-4-2-3-5-13/h6-9,12-13,17H,2-5,10-11H2,1H3. The van der Waals surface area contributed by atoms with Gasteiger partial charge in [0.15, 0.2) is 0 Å². The lowest BCUT2D eigenvalue weighted by Crippen LogP contribution is -2.36. The number of amides is 1. The van der Waals surface area contributed by atoms with Gasteiger partial charge in [-0.2, -0.15) is 0 Å². The fourth-order valence-electron chi connectivity index (χ4n) is 3.13. The molecular weight excluding hydrogens is 316 g/mol. The van der Waals surface area contributed by atoms with Gasteiger partial charge in [0.1, 0.15) is 5.75 Å². The Balaban J connectivity index is 1.64. The number of benzene rings is 1. The molecule has 0 radical (unpaired) electrons. The Labute approximate surface area is 136 Å². The number of nitrogens with one attached hydrogen (secondary N) is 1. The summed E-state index contributed by atoms with van der Waals surface area (Å²) in [6.07, 6.45) is 4.95. The first-order chi connectivity index (χ1) is 10.9. The predicted molar refractivity (Wildman–Crippen MR) is 85.7 cm³/mol. The topological polar surface area (TPSA) is 75.7 Å². The van der Waals surface area contributed by atoms with E-state index in [2.05, 4.69) is 4.72 Å². The molecule has 1 aliphatic heterocycles. The SMILES string of the molecule is CN1CC(NS(=O)(=O)c2ccc(OC3CCCC3)cc2)CC1=O. The van der Waals surface area contributed by atoms with E-state index in [9.17, 15) is 13.2 Å². The lowest BCUT2D eigenvalue weighted by Gasteiger charge is -2.15. The molecule has 0 aromatic heterocycles. The first kappa shape index (κ1) is 16.3. The van der Waals surface area contributed by atoms with Crippen molar-refractivity contribution < 1.29 is 17.9 Å². The number of rotatable bonds is 5. The van der Waals surface area contributed by atoms with Gasteiger partial charge in [0.2, 0.25) is 15.9 Å². The molecule has 1 atom stereocenters. The third kappa shape index (κ3) is 3.84. The molecular formula is C16H22N2O4S. The van der Waals surface area contributed by atoms with Gasteiger partial charge in [-0.3, -0.25) is 4.79 Å². The number of likely N-dealkylation sites (tertiary alicyclic amines) is 1. The summed E-state index contributed by atoms with van der Waals surface area (Å²) in [6, 6.07) is 6.12. The Bertz CT molecular complexity index is 666. The maximum atomic E-state index is 12.4. The number of nitrogens with zero attached hydrogens (tertiary/aromatic N) is 1. The molecule has 7 heteroatoms. The summed E-state index contributed by atoms with van der Waals surface area (Å²) in [5, 5.41) is 0. The molecule has 6 nitrogen and oxygen atoms in total. The molecule has 3 rings (SSSR count). The minimum absolute atomic E-state index is 0.0435. The highest BCUT2D eigenvalue weighted by Gasteiger charge is 2.30. The zero-order chi connectivity index (χ0) is 16.4. The highest BCUT2D eigenvalue weighted by molar-refractivity contribution is 7.89. The molecule has 1 aromatic rings. The number of likely N-dealkylation sites (N-methyl/N-ethyl adjacent to an activating group) is 1. The third-order valence-electron chi connectivity index (χ3n) is 4.40. The number of hydrogen-bond donors (Lipinski definition) is 1. The summed E-state index contributed by atoms with van der Waals surface area (Å²) in [5.74, 6) is 0.657. The summed E-state index contributed by atoms with van der Waals surface area (Å²) in [7, 11) is -1.95. The second-order valence-electron chi connectivity index (χ2n) is 6.29. The van der Waals surface area contributed by atoms with E-state index in [0.29, 0.717) is 12.3 Å². The van der Waals surface area contributed by atoms with Crippen LogP contribution in [0.1, 0.15) is 32.1 Å². The van der Waals surface area contributed by atoms with E-state index >= 15 is 0 Å². The van der Waals surface area contributed by atoms with Crippen LogP contribution in [0.25, 0.3) is 0 Å². The van der Waals surface area contributed by atoms with Gasteiger partial charge in [0, 0.05) is 26.1 Å². The summed E-state index contributed by atoms with van der Waals surface area (Å²) in [5.41, 5.74) is 0. The highest BCUT2D eigenvalue weighted by atomic mass is 32.2. The normalized spacial score (nSPS) is 22.7. The van der Waals surface area contributed by atoms with Crippen LogP contribution >= 0.6 is 0 Å². The average Bonchev–Trinajstić information content (AvgIpc) is 3.10. The molecule has 1 aliphatic carbocycles. The molecule has 2 fully saturated rings. The molecule has 0 bridgehead atoms. The van der Waals surface area contributed by atoms with Crippen LogP contribution in [0.2, 0.25) is 0 Å². The Kier molecular flexibility index (Phi) is 4.59. The monoisotopic (exact) mass is 338 g/mol. The van der Waals surface area contributed by atoms with Crippen LogP contribution in [0.3, 0.4) is 0 Å². The highest BCUT2D eigenvalue weighted by Crippen LogP contribution is 2.25. The Hall–Kier alpha value is -1.60. The largest absolute Gasteiger partial charge is 0.490 e. The molecule has 1 N–H and O–H groups in total. The number of ether oxygens (including phenoxy) is 1. The molecule has 23 heavy (non-hydrogen) atoms. The first-order valence-electron chi connectivity index (χ1n) is 7.97. The van der Waals surface area contributed by atoms with E-state index in [-0.39, 0.29) is 29.4 Å². The van der Waals surface area contributed by atoms with Crippen LogP contribution in [0, 0.1) is 0 Å². The van der Waals surface area contributed by atoms with E-state index in [1.165, 1.54) is 17.7 Å². The van der Waals surface area contributed by atoms with Crippen molar-refractivity contribution in [3.8, 4) is 5.75 Å². The first-order valence-corrected chi connectivity index (χ1v) is 9.45. The van der Waals surface area contributed by atoms with Gasteiger partial charge in [-0.05, 0) is 49.9 Å². The van der Waals surface area contributed by atoms with Crippen LogP contribution in [-0.4, -0.2) is 45.0 Å². The molecule has 2 aliphatic rings. The van der Waals surface area contributed by atoms with Crippen molar-refractivity contribution in [2.75, 3.05) is 13.6 Å². The van der Waals surface area contributed by atoms with Crippen molar-refractivity contribution in [2.45, 2.75) is 49.1 Å². The second kappa shape index (κ2) is 6.49. The number of sulfonamides is 1. The second-order valence-corrected chi connectivity index (χ2v) is 8.01. The van der Waals surface area contributed by atoms with Gasteiger partial charge in [-0.25, -0.2) is 13.1 Å². The van der Waals surface area contributed by atoms with Crippen molar-refractivity contribution >= 4 is 15.9 Å². The van der Waals surface area contributed by atoms with Gasteiger partial charge in [0.25, 0.3) is 0 Å². The minimum atomic E-state index is -3.62. The Morgan fingerprint density at radius 1 is 1.17 bits per heavy atom. The predicted octanol–water partition coefficient (Wildman–Crippen LogP) is 1.52. The van der Waals surface area contributed by atoms with Crippen molar-refractivity contribution in [2.24, 2.45) is 0 Å². The number of hydrogen-bond acceptors (Lipinski definition) is 4. The lowest BCUT2D eigenvalue weighted by atomic mass is 10.3. The summed E-state index contributed by atoms with van der Waals surface area (Å²) < 4.78 is 33.2. The van der Waals surface area contributed by atoms with Crippen LogP contribution in [0.4, 0.5) is 0 Å². The summed E-state index contributed by atoms with van der Waals surface area (Å²) >= 11 is 0. The molecule has 1 unspecified atom stereocenters. The van der Waals surface area contributed by atoms with Crippen molar-refractivity contribution in [3.63, 3.8) is 0 Å². The molecule has 126 valence electrons. The quantitative estimate of drug-likeness (QED) is 0.883. The maximum Gasteiger partial charge on any atom is 0.240 e. The van der Waals surface area contributed by atoms with Gasteiger partial charge in [-0.1, -0.05) is 0 Å². The van der Waals surface area contributed by atoms with Gasteiger partial charge >= 0.3 is 0 Å². The minimum Gasteiger partial charge on any atom is -0.490 e. The van der Waals surface area contributed by atoms with Crippen LogP contribution in [-0.2, 0) is 14.8 Å². The van der Waals surface area contributed by atoms with Gasteiger partial charge in [-0.15, -0.1) is 0 Å². The molecule has 0 spiro atoms. The Morgan fingerprint density at radius 2 is 1.83 bits per heavy atom. The summed E-state index contributed by atoms with van der Waals surface area (Å²) in [6.45, 7) is 0.404. The van der Waals surface area contributed by atoms with Crippen LogP contribution < -0.4 is 9.46 Å². The van der Waals surface area contributed by atoms with E-state index in [4.69, 9.17) is 4.74 Å². The third-order valence-corrected chi connectivity index (χ3v) is 5.94. The zero-order valence-electron chi connectivity index (χ0n) is 13.2. The fraction of sp³-hybridized carbons (Fsp3) is 0.562. The van der Waals surface area contributed by atoms with Gasteiger partial charge < -0.3 is 9.64 Å². The number of carbonyl (C=O) groups excluding carboxylic acids is 1. The fourth-order valence-corrected chi connectivity index (χ4v) is 4.35. The van der Waals surface area contributed by atoms with Crippen LogP contribution in [0.5, 0.6) is 5.75 Å². The van der Waals surface area contributed by atoms with Crippen molar-refractivity contribution in [1.29, 1.82) is 0 Å². The van der Waals surface area contributed by atoms with Crippen molar-refractivity contribution in [3.05, 3.63) is 24.3 Å². The maximum absolute atomic E-state index is 12.4. The molecule has 1 amide bonds. The van der Waals surface area contributed by atoms with Crippen molar-refractivity contribution in [1.82, 2.24) is 9.62 Å². The lowest BCUT2D eigenvalue weighted by molar-refractivity contribution is -0.126. The Morgan fingerprint density at radius 3 is 2.39 bits per heavy atom. The van der Waals surface area contributed by atoms with E-state index in [1.54, 1.807) is 31.3 Å². The van der Waals surface area contributed by atoms with E-state index in [0.717, 1.165) is 12.8 Å². The van der Waals surface area contributed by atoms with E-state index < -0.39 is 10.0 Å². The molecule has 1 saturated heterocycles. The number of carbonyl (C=O) groups is 1. The van der Waals surface area contributed by atoms with Gasteiger partial charge in [0.05, 0.1) is 11.0 Å². The molecule has 1 saturated carbocycles. The molecule has 1 aromatic carbocycles.